The molecule has 0 aromatic carbocycles. The maximum Gasteiger partial charge on any atom is 0.229 e. The Kier molecular flexibility index (Phi) is 3.06. The molecule has 0 aliphatic heterocycles. The van der Waals surface area contributed by atoms with E-state index in [1.807, 2.05) is 18.2 Å². The highest BCUT2D eigenvalue weighted by Gasteiger charge is 2.31. The van der Waals surface area contributed by atoms with Crippen molar-refractivity contribution in [1.29, 1.82) is 0 Å². The van der Waals surface area contributed by atoms with Crippen molar-refractivity contribution in [2.24, 2.45) is 5.92 Å². The molecule has 0 spiro atoms. The van der Waals surface area contributed by atoms with Crippen LogP contribution in [0.3, 0.4) is 0 Å². The Morgan fingerprint density at radius 2 is 2.28 bits per heavy atom. The molecular weight excluding hydrogens is 230 g/mol. The first-order chi connectivity index (χ1) is 8.81. The highest BCUT2D eigenvalue weighted by atomic mass is 16.5. The maximum atomic E-state index is 9.80. The Morgan fingerprint density at radius 3 is 3.00 bits per heavy atom. The average Bonchev–Trinajstić information content (AvgIpc) is 3.15. The summed E-state index contributed by atoms with van der Waals surface area (Å²) in [5.74, 6) is 1.56. The van der Waals surface area contributed by atoms with Gasteiger partial charge in [0.15, 0.2) is 5.82 Å². The van der Waals surface area contributed by atoms with Crippen molar-refractivity contribution in [3.63, 3.8) is 0 Å². The van der Waals surface area contributed by atoms with Crippen LogP contribution in [0.5, 0.6) is 0 Å². The highest BCUT2D eigenvalue weighted by Crippen LogP contribution is 2.33. The number of rotatable bonds is 5. The number of nitrogens with zero attached hydrogens (tertiary/aromatic N) is 3. The molecule has 1 atom stereocenters. The fourth-order valence-electron chi connectivity index (χ4n) is 1.94. The van der Waals surface area contributed by atoms with Gasteiger partial charge in [-0.15, -0.1) is 0 Å². The molecule has 18 heavy (non-hydrogen) atoms. The molecule has 1 aliphatic carbocycles. The minimum Gasteiger partial charge on any atom is -0.392 e. The SMILES string of the molecule is OC(Cc1nc(Cc2ccccn2)no1)C1CC1. The van der Waals surface area contributed by atoms with Crippen LogP contribution in [-0.4, -0.2) is 26.3 Å². The van der Waals surface area contributed by atoms with Gasteiger partial charge in [0.1, 0.15) is 0 Å². The predicted molar refractivity (Wildman–Crippen MR) is 63.8 cm³/mol. The van der Waals surface area contributed by atoms with Gasteiger partial charge >= 0.3 is 0 Å². The zero-order valence-electron chi connectivity index (χ0n) is 9.99. The van der Waals surface area contributed by atoms with Gasteiger partial charge < -0.3 is 9.63 Å². The summed E-state index contributed by atoms with van der Waals surface area (Å²) in [6, 6.07) is 5.73. The lowest BCUT2D eigenvalue weighted by Gasteiger charge is -2.03. The van der Waals surface area contributed by atoms with Crippen molar-refractivity contribution >= 4 is 0 Å². The first kappa shape index (κ1) is 11.3. The summed E-state index contributed by atoms with van der Waals surface area (Å²) < 4.78 is 5.14. The number of hydrogen-bond donors (Lipinski definition) is 1. The largest absolute Gasteiger partial charge is 0.392 e. The third kappa shape index (κ3) is 2.73. The second kappa shape index (κ2) is 4.86. The van der Waals surface area contributed by atoms with Crippen LogP contribution in [0.4, 0.5) is 0 Å². The molecule has 2 aromatic rings. The first-order valence-corrected chi connectivity index (χ1v) is 6.20. The highest BCUT2D eigenvalue weighted by molar-refractivity contribution is 5.09. The van der Waals surface area contributed by atoms with E-state index < -0.39 is 0 Å². The molecule has 1 fully saturated rings. The van der Waals surface area contributed by atoms with Gasteiger partial charge in [-0.2, -0.15) is 4.98 Å². The molecule has 2 aromatic heterocycles. The summed E-state index contributed by atoms with van der Waals surface area (Å²) in [4.78, 5) is 8.49. The monoisotopic (exact) mass is 245 g/mol. The van der Waals surface area contributed by atoms with Crippen LogP contribution < -0.4 is 0 Å². The number of pyridine rings is 1. The molecule has 5 heteroatoms. The fourth-order valence-corrected chi connectivity index (χ4v) is 1.94. The Labute approximate surface area is 105 Å². The topological polar surface area (TPSA) is 72.0 Å². The van der Waals surface area contributed by atoms with E-state index in [4.69, 9.17) is 4.52 Å². The van der Waals surface area contributed by atoms with Gasteiger partial charge in [0.05, 0.1) is 18.9 Å². The lowest BCUT2D eigenvalue weighted by Crippen LogP contribution is -2.12. The van der Waals surface area contributed by atoms with E-state index in [0.717, 1.165) is 18.5 Å². The van der Waals surface area contributed by atoms with Crippen molar-refractivity contribution in [2.45, 2.75) is 31.8 Å². The Bertz CT molecular complexity index is 508. The second-order valence-electron chi connectivity index (χ2n) is 4.71. The summed E-state index contributed by atoms with van der Waals surface area (Å²) in [7, 11) is 0. The summed E-state index contributed by atoms with van der Waals surface area (Å²) in [5, 5.41) is 13.7. The third-order valence-corrected chi connectivity index (χ3v) is 3.13. The summed E-state index contributed by atoms with van der Waals surface area (Å²) in [6.45, 7) is 0. The lowest BCUT2D eigenvalue weighted by atomic mass is 10.2. The van der Waals surface area contributed by atoms with Crippen LogP contribution in [0.15, 0.2) is 28.9 Å². The summed E-state index contributed by atoms with van der Waals surface area (Å²) in [6.07, 6.45) is 4.64. The van der Waals surface area contributed by atoms with Crippen LogP contribution in [0.25, 0.3) is 0 Å². The van der Waals surface area contributed by atoms with E-state index in [9.17, 15) is 5.11 Å². The van der Waals surface area contributed by atoms with Crippen LogP contribution in [0.1, 0.15) is 30.3 Å². The average molecular weight is 245 g/mol. The molecule has 5 nitrogen and oxygen atoms in total. The molecule has 0 saturated heterocycles. The van der Waals surface area contributed by atoms with Crippen molar-refractivity contribution < 1.29 is 9.63 Å². The zero-order valence-corrected chi connectivity index (χ0v) is 9.99. The van der Waals surface area contributed by atoms with Gasteiger partial charge in [0.25, 0.3) is 0 Å². The van der Waals surface area contributed by atoms with Crippen molar-refractivity contribution in [3.8, 4) is 0 Å². The number of aliphatic hydroxyl groups is 1. The molecule has 1 N–H and O–H groups in total. The Morgan fingerprint density at radius 1 is 1.39 bits per heavy atom. The minimum atomic E-state index is -0.340. The smallest absolute Gasteiger partial charge is 0.229 e. The number of aromatic nitrogens is 3. The first-order valence-electron chi connectivity index (χ1n) is 6.20. The van der Waals surface area contributed by atoms with E-state index in [0.29, 0.717) is 30.5 Å². The molecule has 1 aliphatic rings. The number of aliphatic hydroxyl groups excluding tert-OH is 1. The van der Waals surface area contributed by atoms with Crippen LogP contribution in [0, 0.1) is 5.92 Å². The van der Waals surface area contributed by atoms with Crippen molar-refractivity contribution in [2.75, 3.05) is 0 Å². The van der Waals surface area contributed by atoms with Gasteiger partial charge in [-0.05, 0) is 30.9 Å². The van der Waals surface area contributed by atoms with Gasteiger partial charge in [-0.25, -0.2) is 0 Å². The molecule has 0 amide bonds. The van der Waals surface area contributed by atoms with Gasteiger partial charge in [-0.3, -0.25) is 4.98 Å². The number of hydrogen-bond acceptors (Lipinski definition) is 5. The molecule has 1 unspecified atom stereocenters. The minimum absolute atomic E-state index is 0.340. The normalized spacial score (nSPS) is 16.7. The zero-order chi connectivity index (χ0) is 12.4. The Hall–Kier alpha value is -1.75. The maximum absolute atomic E-state index is 9.80. The van der Waals surface area contributed by atoms with Crippen LogP contribution in [0.2, 0.25) is 0 Å². The van der Waals surface area contributed by atoms with Crippen LogP contribution in [-0.2, 0) is 12.8 Å². The van der Waals surface area contributed by atoms with E-state index in [-0.39, 0.29) is 6.10 Å². The fraction of sp³-hybridized carbons (Fsp3) is 0.462. The lowest BCUT2D eigenvalue weighted by molar-refractivity contribution is 0.140. The summed E-state index contributed by atoms with van der Waals surface area (Å²) in [5.41, 5.74) is 0.910. The van der Waals surface area contributed by atoms with Crippen LogP contribution >= 0.6 is 0 Å². The third-order valence-electron chi connectivity index (χ3n) is 3.13. The van der Waals surface area contributed by atoms with Gasteiger partial charge in [-0.1, -0.05) is 11.2 Å². The van der Waals surface area contributed by atoms with Crippen molar-refractivity contribution in [1.82, 2.24) is 15.1 Å². The van der Waals surface area contributed by atoms with E-state index in [1.54, 1.807) is 6.20 Å². The van der Waals surface area contributed by atoms with Gasteiger partial charge in [0.2, 0.25) is 5.89 Å². The van der Waals surface area contributed by atoms with Gasteiger partial charge in [0, 0.05) is 11.9 Å². The Balaban J connectivity index is 1.62. The van der Waals surface area contributed by atoms with E-state index >= 15 is 0 Å². The molecular formula is C13H15N3O2. The second-order valence-corrected chi connectivity index (χ2v) is 4.71. The predicted octanol–water partition coefficient (Wildman–Crippen LogP) is 1.37. The molecule has 3 rings (SSSR count). The summed E-state index contributed by atoms with van der Waals surface area (Å²) >= 11 is 0. The molecule has 2 heterocycles. The van der Waals surface area contributed by atoms with Crippen molar-refractivity contribution in [3.05, 3.63) is 41.8 Å². The standard InChI is InChI=1S/C13H15N3O2/c17-11(9-4-5-9)8-13-15-12(16-18-13)7-10-3-1-2-6-14-10/h1-3,6,9,11,17H,4-5,7-8H2. The quantitative estimate of drug-likeness (QED) is 0.861. The molecule has 1 saturated carbocycles. The molecule has 0 radical (unpaired) electrons. The molecule has 94 valence electrons. The van der Waals surface area contributed by atoms with E-state index in [1.165, 1.54) is 0 Å². The van der Waals surface area contributed by atoms with E-state index in [2.05, 4.69) is 15.1 Å². The molecule has 0 bridgehead atoms.